The van der Waals surface area contributed by atoms with Crippen molar-refractivity contribution in [2.75, 3.05) is 24.6 Å². The summed E-state index contributed by atoms with van der Waals surface area (Å²) >= 11 is 0. The molecule has 1 unspecified atom stereocenters. The number of nitro benzene ring substituents is 1. The first-order chi connectivity index (χ1) is 12.2. The third-order valence-corrected chi connectivity index (χ3v) is 5.33. The van der Waals surface area contributed by atoms with E-state index in [9.17, 15) is 18.5 Å². The number of morpholine rings is 1. The van der Waals surface area contributed by atoms with Gasteiger partial charge in [-0.2, -0.15) is 0 Å². The molecule has 2 N–H and O–H groups in total. The third-order valence-electron chi connectivity index (χ3n) is 4.44. The Labute approximate surface area is 151 Å². The normalized spacial score (nSPS) is 20.8. The second-order valence-electron chi connectivity index (χ2n) is 6.35. The predicted molar refractivity (Wildman–Crippen MR) is 96.4 cm³/mol. The standard InChI is InChI=1S/C17H19N3O5S/c1-17(13-5-3-2-4-6-13)12-19(7-8-25-17)14-9-15(20(21)22)11-16(10-14)26(18,23)24/h2-6,9-11H,7-8,12H2,1H3,(H2,18,23,24). The van der Waals surface area contributed by atoms with Gasteiger partial charge in [0.15, 0.2) is 0 Å². The molecule has 1 fully saturated rings. The van der Waals surface area contributed by atoms with E-state index in [1.54, 1.807) is 0 Å². The van der Waals surface area contributed by atoms with E-state index in [0.717, 1.165) is 11.6 Å². The van der Waals surface area contributed by atoms with Crippen LogP contribution >= 0.6 is 0 Å². The van der Waals surface area contributed by atoms with Crippen molar-refractivity contribution < 1.29 is 18.1 Å². The molecule has 8 nitrogen and oxygen atoms in total. The molecule has 0 bridgehead atoms. The van der Waals surface area contributed by atoms with Crippen molar-refractivity contribution in [3.63, 3.8) is 0 Å². The Bertz CT molecular complexity index is 933. The maximum absolute atomic E-state index is 11.7. The Morgan fingerprint density at radius 1 is 1.23 bits per heavy atom. The van der Waals surface area contributed by atoms with Gasteiger partial charge in [-0.1, -0.05) is 30.3 Å². The molecule has 2 aromatic carbocycles. The highest BCUT2D eigenvalue weighted by Gasteiger charge is 2.34. The van der Waals surface area contributed by atoms with Crippen LogP contribution in [0.25, 0.3) is 0 Å². The Kier molecular flexibility index (Phi) is 4.70. The molecule has 0 saturated carbocycles. The van der Waals surface area contributed by atoms with E-state index in [2.05, 4.69) is 0 Å². The fourth-order valence-electron chi connectivity index (χ4n) is 3.08. The largest absolute Gasteiger partial charge is 0.367 e. The number of non-ortho nitro benzene ring substituents is 1. The summed E-state index contributed by atoms with van der Waals surface area (Å²) in [6, 6.07) is 13.3. The zero-order valence-electron chi connectivity index (χ0n) is 14.2. The van der Waals surface area contributed by atoms with E-state index in [0.29, 0.717) is 25.4 Å². The van der Waals surface area contributed by atoms with Gasteiger partial charge in [-0.15, -0.1) is 0 Å². The molecular weight excluding hydrogens is 358 g/mol. The minimum Gasteiger partial charge on any atom is -0.367 e. The quantitative estimate of drug-likeness (QED) is 0.643. The number of nitrogens with zero attached hydrogens (tertiary/aromatic N) is 2. The molecule has 0 aliphatic carbocycles. The van der Waals surface area contributed by atoms with Gasteiger partial charge in [0.1, 0.15) is 5.60 Å². The lowest BCUT2D eigenvalue weighted by Gasteiger charge is -2.42. The number of hydrogen-bond donors (Lipinski definition) is 1. The number of ether oxygens (including phenoxy) is 1. The summed E-state index contributed by atoms with van der Waals surface area (Å²) in [7, 11) is -4.06. The molecule has 2 aromatic rings. The number of primary sulfonamides is 1. The van der Waals surface area contributed by atoms with Crippen LogP contribution < -0.4 is 10.0 Å². The Morgan fingerprint density at radius 3 is 2.54 bits per heavy atom. The van der Waals surface area contributed by atoms with Crippen molar-refractivity contribution in [1.82, 2.24) is 0 Å². The smallest absolute Gasteiger partial charge is 0.272 e. The van der Waals surface area contributed by atoms with Crippen LogP contribution in [0, 0.1) is 10.1 Å². The SMILES string of the molecule is CC1(c2ccccc2)CN(c2cc([N+](=O)[O-])cc(S(N)(=O)=O)c2)CCO1. The Morgan fingerprint density at radius 2 is 1.92 bits per heavy atom. The van der Waals surface area contributed by atoms with Gasteiger partial charge in [0, 0.05) is 24.4 Å². The Balaban J connectivity index is 2.00. The average Bonchev–Trinajstić information content (AvgIpc) is 2.61. The Hall–Kier alpha value is -2.49. The van der Waals surface area contributed by atoms with Crippen molar-refractivity contribution >= 4 is 21.4 Å². The number of rotatable bonds is 4. The zero-order chi connectivity index (χ0) is 18.9. The minimum absolute atomic E-state index is 0.283. The molecule has 1 heterocycles. The first-order valence-corrected chi connectivity index (χ1v) is 9.50. The average molecular weight is 377 g/mol. The fourth-order valence-corrected chi connectivity index (χ4v) is 3.65. The van der Waals surface area contributed by atoms with E-state index in [4.69, 9.17) is 9.88 Å². The molecule has 9 heteroatoms. The summed E-state index contributed by atoms with van der Waals surface area (Å²) in [5.74, 6) is 0. The van der Waals surface area contributed by atoms with Gasteiger partial charge in [0.2, 0.25) is 10.0 Å². The molecule has 0 aromatic heterocycles. The fraction of sp³-hybridized carbons (Fsp3) is 0.294. The third kappa shape index (κ3) is 3.69. The van der Waals surface area contributed by atoms with Gasteiger partial charge in [-0.25, -0.2) is 13.6 Å². The molecule has 1 saturated heterocycles. The van der Waals surface area contributed by atoms with E-state index in [1.165, 1.54) is 12.1 Å². The van der Waals surface area contributed by atoms with Gasteiger partial charge in [-0.05, 0) is 18.6 Å². The molecular formula is C17H19N3O5S. The molecule has 138 valence electrons. The maximum Gasteiger partial charge on any atom is 0.272 e. The van der Waals surface area contributed by atoms with Crippen molar-refractivity contribution in [2.45, 2.75) is 17.4 Å². The van der Waals surface area contributed by atoms with Crippen molar-refractivity contribution in [3.05, 3.63) is 64.2 Å². The van der Waals surface area contributed by atoms with Crippen molar-refractivity contribution in [1.29, 1.82) is 0 Å². The highest BCUT2D eigenvalue weighted by Crippen LogP contribution is 2.34. The van der Waals surface area contributed by atoms with Crippen LogP contribution in [-0.2, 0) is 20.4 Å². The van der Waals surface area contributed by atoms with Gasteiger partial charge in [-0.3, -0.25) is 10.1 Å². The first kappa shape index (κ1) is 18.3. The van der Waals surface area contributed by atoms with Crippen LogP contribution in [0.1, 0.15) is 12.5 Å². The monoisotopic (exact) mass is 377 g/mol. The lowest BCUT2D eigenvalue weighted by atomic mass is 9.93. The molecule has 1 aliphatic rings. The van der Waals surface area contributed by atoms with Crippen LogP contribution in [0.3, 0.4) is 0 Å². The number of benzene rings is 2. The molecule has 1 atom stereocenters. The predicted octanol–water partition coefficient (Wildman–Crippen LogP) is 1.99. The molecule has 0 spiro atoms. The van der Waals surface area contributed by atoms with Crippen LogP contribution in [0.5, 0.6) is 0 Å². The minimum atomic E-state index is -4.06. The zero-order valence-corrected chi connectivity index (χ0v) is 15.0. The second-order valence-corrected chi connectivity index (χ2v) is 7.92. The summed E-state index contributed by atoms with van der Waals surface area (Å²) < 4.78 is 29.4. The summed E-state index contributed by atoms with van der Waals surface area (Å²) in [6.07, 6.45) is 0. The molecule has 3 rings (SSSR count). The van der Waals surface area contributed by atoms with E-state index in [1.807, 2.05) is 42.2 Å². The van der Waals surface area contributed by atoms with E-state index < -0.39 is 20.5 Å². The van der Waals surface area contributed by atoms with Crippen LogP contribution in [0.15, 0.2) is 53.4 Å². The van der Waals surface area contributed by atoms with Gasteiger partial charge >= 0.3 is 0 Å². The summed E-state index contributed by atoms with van der Waals surface area (Å²) in [6.45, 7) is 3.24. The molecule has 0 radical (unpaired) electrons. The van der Waals surface area contributed by atoms with Gasteiger partial charge in [0.25, 0.3) is 5.69 Å². The number of sulfonamides is 1. The van der Waals surface area contributed by atoms with Gasteiger partial charge in [0.05, 0.1) is 23.0 Å². The summed E-state index contributed by atoms with van der Waals surface area (Å²) in [5, 5.41) is 16.4. The topological polar surface area (TPSA) is 116 Å². The van der Waals surface area contributed by atoms with Crippen LogP contribution in [-0.4, -0.2) is 33.0 Å². The molecule has 26 heavy (non-hydrogen) atoms. The molecule has 1 aliphatic heterocycles. The number of nitrogens with two attached hydrogens (primary N) is 1. The van der Waals surface area contributed by atoms with Crippen LogP contribution in [0.4, 0.5) is 11.4 Å². The number of anilines is 1. The van der Waals surface area contributed by atoms with Crippen LogP contribution in [0.2, 0.25) is 0 Å². The lowest BCUT2D eigenvalue weighted by molar-refractivity contribution is -0.385. The van der Waals surface area contributed by atoms with Crippen molar-refractivity contribution in [2.24, 2.45) is 5.14 Å². The van der Waals surface area contributed by atoms with E-state index in [-0.39, 0.29) is 10.6 Å². The molecule has 0 amide bonds. The maximum atomic E-state index is 11.7. The number of nitro groups is 1. The van der Waals surface area contributed by atoms with Gasteiger partial charge < -0.3 is 9.64 Å². The summed E-state index contributed by atoms with van der Waals surface area (Å²) in [5.41, 5.74) is 0.459. The summed E-state index contributed by atoms with van der Waals surface area (Å²) in [4.78, 5) is 12.2. The van der Waals surface area contributed by atoms with Crippen molar-refractivity contribution in [3.8, 4) is 0 Å². The number of hydrogen-bond acceptors (Lipinski definition) is 6. The lowest BCUT2D eigenvalue weighted by Crippen LogP contribution is -2.48. The highest BCUT2D eigenvalue weighted by molar-refractivity contribution is 7.89. The first-order valence-electron chi connectivity index (χ1n) is 7.96. The highest BCUT2D eigenvalue weighted by atomic mass is 32.2. The second kappa shape index (κ2) is 6.67. The van der Waals surface area contributed by atoms with E-state index >= 15 is 0 Å².